The van der Waals surface area contributed by atoms with Gasteiger partial charge in [-0.2, -0.15) is 0 Å². The minimum atomic E-state index is -2.82. The SMILES string of the molecule is CC(C)(C)[Si](OCC1CCCN(c2ccc(NCC(O)CNC(=O)c3ccc(Cl)s3)c(F)c2)C1=O)(c1ccccc1)c1ccccc1. The Bertz CT molecular complexity index is 1630. The Morgan fingerprint density at radius 3 is 2.28 bits per heavy atom. The molecule has 4 aromatic rings. The van der Waals surface area contributed by atoms with Crippen LogP contribution in [-0.4, -0.2) is 57.6 Å². The molecule has 5 rings (SSSR count). The molecule has 0 bridgehead atoms. The summed E-state index contributed by atoms with van der Waals surface area (Å²) in [4.78, 5) is 28.2. The second-order valence-corrected chi connectivity index (χ2v) is 18.8. The lowest BCUT2D eigenvalue weighted by molar-refractivity contribution is -0.124. The summed E-state index contributed by atoms with van der Waals surface area (Å²) >= 11 is 7.03. The first-order chi connectivity index (χ1) is 22.5. The van der Waals surface area contributed by atoms with Crippen molar-refractivity contribution in [3.8, 4) is 0 Å². The maximum absolute atomic E-state index is 15.2. The third kappa shape index (κ3) is 7.96. The smallest absolute Gasteiger partial charge is 0.261 e. The summed E-state index contributed by atoms with van der Waals surface area (Å²) in [5.41, 5.74) is 0.677. The fraction of sp³-hybridized carbons (Fsp3) is 0.333. The number of halogens is 2. The Morgan fingerprint density at radius 2 is 1.70 bits per heavy atom. The first kappa shape index (κ1) is 34.8. The average Bonchev–Trinajstić information content (AvgIpc) is 3.50. The van der Waals surface area contributed by atoms with Crippen molar-refractivity contribution in [2.45, 2.75) is 44.8 Å². The molecule has 3 aromatic carbocycles. The highest BCUT2D eigenvalue weighted by molar-refractivity contribution is 7.18. The van der Waals surface area contributed by atoms with Crippen LogP contribution >= 0.6 is 22.9 Å². The Hall–Kier alpha value is -3.54. The van der Waals surface area contributed by atoms with Crippen molar-refractivity contribution in [2.75, 3.05) is 36.5 Å². The fourth-order valence-corrected chi connectivity index (χ4v) is 11.8. The Labute approximate surface area is 285 Å². The number of anilines is 2. The van der Waals surface area contributed by atoms with E-state index in [4.69, 9.17) is 16.0 Å². The van der Waals surface area contributed by atoms with Crippen LogP contribution in [0, 0.1) is 11.7 Å². The second kappa shape index (κ2) is 15.1. The van der Waals surface area contributed by atoms with E-state index in [-0.39, 0.29) is 48.2 Å². The van der Waals surface area contributed by atoms with Gasteiger partial charge in [0.05, 0.1) is 26.9 Å². The molecular formula is C36H41ClFN3O4SSi. The number of thiophene rings is 1. The molecule has 2 heterocycles. The number of piperidine rings is 1. The number of hydrogen-bond donors (Lipinski definition) is 3. The number of hydrogen-bond acceptors (Lipinski definition) is 6. The molecule has 7 nitrogen and oxygen atoms in total. The molecule has 0 radical (unpaired) electrons. The molecule has 2 amide bonds. The standard InChI is InChI=1S/C36H41ClFN3O4SSi/c1-36(2,3)47(28-12-6-4-7-13-28,29-14-8-5-9-15-29)45-24-25-11-10-20-41(35(25)44)26-16-17-31(30(38)21-26)39-22-27(42)23-40-34(43)32-18-19-33(37)46-32/h4-9,12-19,21,25,27,39,42H,10-11,20,22-24H2,1-3H3,(H,40,43). The highest BCUT2D eigenvalue weighted by Crippen LogP contribution is 2.38. The molecule has 3 N–H and O–H groups in total. The van der Waals surface area contributed by atoms with Gasteiger partial charge in [-0.15, -0.1) is 11.3 Å². The zero-order valence-electron chi connectivity index (χ0n) is 26.8. The van der Waals surface area contributed by atoms with E-state index in [1.807, 2.05) is 36.4 Å². The normalized spacial score (nSPS) is 16.2. The van der Waals surface area contributed by atoms with Gasteiger partial charge in [0.15, 0.2) is 0 Å². The number of carbonyl (C=O) groups is 2. The Kier molecular flexibility index (Phi) is 11.2. The predicted octanol–water partition coefficient (Wildman–Crippen LogP) is 6.06. The van der Waals surface area contributed by atoms with Crippen LogP contribution in [0.15, 0.2) is 91.0 Å². The lowest BCUT2D eigenvalue weighted by Crippen LogP contribution is -2.67. The third-order valence-electron chi connectivity index (χ3n) is 8.56. The first-order valence-electron chi connectivity index (χ1n) is 15.8. The van der Waals surface area contributed by atoms with Gasteiger partial charge in [-0.1, -0.05) is 93.0 Å². The predicted molar refractivity (Wildman–Crippen MR) is 191 cm³/mol. The van der Waals surface area contributed by atoms with Crippen LogP contribution in [0.4, 0.5) is 15.8 Å². The van der Waals surface area contributed by atoms with E-state index in [2.05, 4.69) is 55.7 Å². The summed E-state index contributed by atoms with van der Waals surface area (Å²) in [7, 11) is -2.82. The topological polar surface area (TPSA) is 90.9 Å². The lowest BCUT2D eigenvalue weighted by atomic mass is 9.97. The second-order valence-electron chi connectivity index (χ2n) is 12.8. The molecule has 0 saturated carbocycles. The highest BCUT2D eigenvalue weighted by Gasteiger charge is 2.50. The number of nitrogens with zero attached hydrogens (tertiary/aromatic N) is 1. The Balaban J connectivity index is 1.24. The van der Waals surface area contributed by atoms with E-state index in [1.165, 1.54) is 6.07 Å². The molecule has 1 aliphatic rings. The maximum atomic E-state index is 15.2. The summed E-state index contributed by atoms with van der Waals surface area (Å²) < 4.78 is 22.8. The Morgan fingerprint density at radius 1 is 1.04 bits per heavy atom. The zero-order valence-corrected chi connectivity index (χ0v) is 29.4. The van der Waals surface area contributed by atoms with Gasteiger partial charge < -0.3 is 25.1 Å². The van der Waals surface area contributed by atoms with E-state index in [9.17, 15) is 14.7 Å². The summed E-state index contributed by atoms with van der Waals surface area (Å²) in [6, 6.07) is 28.6. The first-order valence-corrected chi connectivity index (χ1v) is 18.9. The molecular weight excluding hydrogens is 653 g/mol. The number of nitrogens with one attached hydrogen (secondary N) is 2. The minimum absolute atomic E-state index is 0.0132. The van der Waals surface area contributed by atoms with E-state index < -0.39 is 20.2 Å². The van der Waals surface area contributed by atoms with Gasteiger partial charge in [0, 0.05) is 31.9 Å². The summed E-state index contributed by atoms with van der Waals surface area (Å²) in [5.74, 6) is -1.31. The fourth-order valence-electron chi connectivity index (χ4n) is 6.20. The van der Waals surface area contributed by atoms with Crippen LogP contribution in [0.25, 0.3) is 0 Å². The van der Waals surface area contributed by atoms with Crippen molar-refractivity contribution in [1.29, 1.82) is 0 Å². The van der Waals surface area contributed by atoms with Crippen molar-refractivity contribution < 1.29 is 23.5 Å². The molecule has 248 valence electrons. The molecule has 2 unspecified atom stereocenters. The zero-order chi connectivity index (χ0) is 33.6. The van der Waals surface area contributed by atoms with Crippen LogP contribution in [0.2, 0.25) is 9.37 Å². The van der Waals surface area contributed by atoms with Crippen molar-refractivity contribution >= 4 is 64.8 Å². The average molecular weight is 694 g/mol. The largest absolute Gasteiger partial charge is 0.407 e. The maximum Gasteiger partial charge on any atom is 0.261 e. The quantitative estimate of drug-likeness (QED) is 0.157. The van der Waals surface area contributed by atoms with Crippen LogP contribution in [0.3, 0.4) is 0 Å². The van der Waals surface area contributed by atoms with Crippen LogP contribution in [0.5, 0.6) is 0 Å². The molecule has 2 atom stereocenters. The van der Waals surface area contributed by atoms with Crippen LogP contribution in [-0.2, 0) is 9.22 Å². The van der Waals surface area contributed by atoms with E-state index in [0.717, 1.165) is 28.1 Å². The number of aliphatic hydroxyl groups excluding tert-OH is 1. The summed E-state index contributed by atoms with van der Waals surface area (Å²) in [6.07, 6.45) is 0.523. The number of amides is 2. The van der Waals surface area contributed by atoms with Crippen LogP contribution < -0.4 is 25.9 Å². The summed E-state index contributed by atoms with van der Waals surface area (Å²) in [5, 5.41) is 18.0. The minimum Gasteiger partial charge on any atom is -0.407 e. The number of aliphatic hydroxyl groups is 1. The van der Waals surface area contributed by atoms with E-state index >= 15 is 4.39 Å². The molecule has 11 heteroatoms. The molecule has 1 saturated heterocycles. The van der Waals surface area contributed by atoms with Gasteiger partial charge >= 0.3 is 0 Å². The number of benzene rings is 3. The van der Waals surface area contributed by atoms with E-state index in [0.29, 0.717) is 27.9 Å². The molecule has 47 heavy (non-hydrogen) atoms. The molecule has 0 spiro atoms. The molecule has 0 aliphatic carbocycles. The van der Waals surface area contributed by atoms with Crippen molar-refractivity contribution in [1.82, 2.24) is 5.32 Å². The van der Waals surface area contributed by atoms with E-state index in [1.54, 1.807) is 29.2 Å². The third-order valence-corrected chi connectivity index (χ3v) is 14.8. The number of carbonyl (C=O) groups excluding carboxylic acids is 2. The van der Waals surface area contributed by atoms with Crippen molar-refractivity contribution in [3.63, 3.8) is 0 Å². The highest BCUT2D eigenvalue weighted by atomic mass is 35.5. The van der Waals surface area contributed by atoms with Crippen LogP contribution in [0.1, 0.15) is 43.3 Å². The van der Waals surface area contributed by atoms with Gasteiger partial charge in [0.25, 0.3) is 14.2 Å². The van der Waals surface area contributed by atoms with Gasteiger partial charge in [-0.3, -0.25) is 9.59 Å². The van der Waals surface area contributed by atoms with Gasteiger partial charge in [-0.05, 0) is 58.6 Å². The molecule has 1 fully saturated rings. The van der Waals surface area contributed by atoms with Gasteiger partial charge in [0.1, 0.15) is 5.82 Å². The van der Waals surface area contributed by atoms with Crippen molar-refractivity contribution in [3.05, 3.63) is 106 Å². The van der Waals surface area contributed by atoms with Crippen molar-refractivity contribution in [2.24, 2.45) is 5.92 Å². The monoisotopic (exact) mass is 693 g/mol. The lowest BCUT2D eigenvalue weighted by Gasteiger charge is -2.44. The van der Waals surface area contributed by atoms with Gasteiger partial charge in [0.2, 0.25) is 5.91 Å². The number of rotatable bonds is 12. The molecule has 1 aromatic heterocycles. The summed E-state index contributed by atoms with van der Waals surface area (Å²) in [6.45, 7) is 7.41. The van der Waals surface area contributed by atoms with Gasteiger partial charge in [-0.25, -0.2) is 4.39 Å². The molecule has 1 aliphatic heterocycles.